The van der Waals surface area contributed by atoms with Crippen LogP contribution in [0.5, 0.6) is 11.5 Å². The molecular formula is C17H19Cl2NO. The lowest BCUT2D eigenvalue weighted by atomic mass is 10.1. The molecule has 2 nitrogen and oxygen atoms in total. The first-order chi connectivity index (χ1) is 9.85. The Balaban J connectivity index is 2.22. The second-order valence-electron chi connectivity index (χ2n) is 5.89. The molecule has 0 saturated carbocycles. The minimum atomic E-state index is 0.0425. The summed E-state index contributed by atoms with van der Waals surface area (Å²) >= 11 is 12.1. The molecule has 4 heteroatoms. The van der Waals surface area contributed by atoms with Gasteiger partial charge in [0, 0.05) is 28.7 Å². The lowest BCUT2D eigenvalue weighted by molar-refractivity contribution is 0.414. The Kier molecular flexibility index (Phi) is 5.15. The van der Waals surface area contributed by atoms with Crippen LogP contribution in [0, 0.1) is 0 Å². The largest absolute Gasteiger partial charge is 0.455 e. The molecule has 0 heterocycles. The highest BCUT2D eigenvalue weighted by Gasteiger charge is 2.12. The summed E-state index contributed by atoms with van der Waals surface area (Å²) in [4.78, 5) is 0. The molecule has 0 aliphatic heterocycles. The second kappa shape index (κ2) is 6.69. The Morgan fingerprint density at radius 2 is 1.71 bits per heavy atom. The van der Waals surface area contributed by atoms with Gasteiger partial charge in [-0.05, 0) is 39.0 Å². The van der Waals surface area contributed by atoms with Gasteiger partial charge in [0.2, 0.25) is 0 Å². The predicted molar refractivity (Wildman–Crippen MR) is 89.6 cm³/mol. The van der Waals surface area contributed by atoms with Crippen LogP contribution in [0.1, 0.15) is 26.3 Å². The smallest absolute Gasteiger partial charge is 0.147 e. The zero-order valence-electron chi connectivity index (χ0n) is 12.4. The topological polar surface area (TPSA) is 21.3 Å². The van der Waals surface area contributed by atoms with Crippen LogP contribution < -0.4 is 10.1 Å². The number of benzene rings is 2. The summed E-state index contributed by atoms with van der Waals surface area (Å²) in [5, 5.41) is 4.59. The molecule has 0 fully saturated rings. The molecule has 0 aliphatic rings. The lowest BCUT2D eigenvalue weighted by Gasteiger charge is -2.21. The van der Waals surface area contributed by atoms with Gasteiger partial charge in [0.25, 0.3) is 0 Å². The van der Waals surface area contributed by atoms with E-state index in [1.807, 2.05) is 24.3 Å². The molecule has 0 amide bonds. The number of para-hydroxylation sites is 1. The molecule has 0 unspecified atom stereocenters. The van der Waals surface area contributed by atoms with E-state index >= 15 is 0 Å². The van der Waals surface area contributed by atoms with Crippen LogP contribution in [-0.2, 0) is 6.54 Å². The first-order valence-corrected chi connectivity index (χ1v) is 7.56. The SMILES string of the molecule is CC(C)(C)NCc1ccccc1Oc1cc(Cl)ccc1Cl. The molecule has 0 aliphatic carbocycles. The third-order valence-corrected chi connectivity index (χ3v) is 3.44. The van der Waals surface area contributed by atoms with Gasteiger partial charge in [-0.2, -0.15) is 0 Å². The van der Waals surface area contributed by atoms with Gasteiger partial charge in [0.05, 0.1) is 5.02 Å². The van der Waals surface area contributed by atoms with Crippen LogP contribution >= 0.6 is 23.2 Å². The monoisotopic (exact) mass is 323 g/mol. The molecule has 2 aromatic carbocycles. The van der Waals surface area contributed by atoms with Crippen molar-refractivity contribution in [2.75, 3.05) is 0 Å². The number of ether oxygens (including phenoxy) is 1. The maximum Gasteiger partial charge on any atom is 0.147 e. The van der Waals surface area contributed by atoms with Gasteiger partial charge in [-0.1, -0.05) is 41.4 Å². The molecule has 21 heavy (non-hydrogen) atoms. The lowest BCUT2D eigenvalue weighted by Crippen LogP contribution is -2.35. The van der Waals surface area contributed by atoms with Crippen molar-refractivity contribution >= 4 is 23.2 Å². The molecule has 0 radical (unpaired) electrons. The molecule has 0 aromatic heterocycles. The fraction of sp³-hybridized carbons (Fsp3) is 0.294. The molecule has 112 valence electrons. The molecule has 0 saturated heterocycles. The van der Waals surface area contributed by atoms with Crippen LogP contribution in [0.15, 0.2) is 42.5 Å². The minimum Gasteiger partial charge on any atom is -0.455 e. The van der Waals surface area contributed by atoms with Crippen molar-refractivity contribution in [2.45, 2.75) is 32.9 Å². The van der Waals surface area contributed by atoms with E-state index in [0.717, 1.165) is 17.9 Å². The van der Waals surface area contributed by atoms with Gasteiger partial charge < -0.3 is 10.1 Å². The molecule has 1 N–H and O–H groups in total. The van der Waals surface area contributed by atoms with E-state index in [0.29, 0.717) is 15.8 Å². The number of rotatable bonds is 4. The summed E-state index contributed by atoms with van der Waals surface area (Å²) in [6, 6.07) is 13.1. The third-order valence-electron chi connectivity index (χ3n) is 2.89. The van der Waals surface area contributed by atoms with Crippen molar-refractivity contribution in [3.63, 3.8) is 0 Å². The normalized spacial score (nSPS) is 11.5. The van der Waals surface area contributed by atoms with Crippen LogP contribution in [0.25, 0.3) is 0 Å². The van der Waals surface area contributed by atoms with Crippen molar-refractivity contribution < 1.29 is 4.74 Å². The molecular weight excluding hydrogens is 305 g/mol. The second-order valence-corrected chi connectivity index (χ2v) is 6.73. The van der Waals surface area contributed by atoms with Crippen LogP contribution in [0.2, 0.25) is 10.0 Å². The van der Waals surface area contributed by atoms with E-state index in [9.17, 15) is 0 Å². The number of hydrogen-bond donors (Lipinski definition) is 1. The first kappa shape index (κ1) is 16.2. The van der Waals surface area contributed by atoms with E-state index < -0.39 is 0 Å². The number of nitrogens with one attached hydrogen (secondary N) is 1. The Bertz CT molecular complexity index is 620. The highest BCUT2D eigenvalue weighted by molar-refractivity contribution is 6.34. The quantitative estimate of drug-likeness (QED) is 0.782. The fourth-order valence-electron chi connectivity index (χ4n) is 1.78. The maximum atomic E-state index is 6.15. The van der Waals surface area contributed by atoms with Gasteiger partial charge >= 0.3 is 0 Å². The van der Waals surface area contributed by atoms with Crippen molar-refractivity contribution in [1.82, 2.24) is 5.32 Å². The number of hydrogen-bond acceptors (Lipinski definition) is 2. The molecule has 0 spiro atoms. The summed E-state index contributed by atoms with van der Waals surface area (Å²) in [5.74, 6) is 1.34. The molecule has 2 rings (SSSR count). The predicted octanol–water partition coefficient (Wildman–Crippen LogP) is 5.67. The van der Waals surface area contributed by atoms with Crippen molar-refractivity contribution in [3.8, 4) is 11.5 Å². The third kappa shape index (κ3) is 4.92. The number of halogens is 2. The Morgan fingerprint density at radius 3 is 2.43 bits per heavy atom. The van der Waals surface area contributed by atoms with Gasteiger partial charge in [-0.25, -0.2) is 0 Å². The van der Waals surface area contributed by atoms with E-state index in [1.165, 1.54) is 0 Å². The van der Waals surface area contributed by atoms with E-state index in [2.05, 4.69) is 26.1 Å². The molecule has 2 aromatic rings. The van der Waals surface area contributed by atoms with Crippen molar-refractivity contribution in [1.29, 1.82) is 0 Å². The summed E-state index contributed by atoms with van der Waals surface area (Å²) < 4.78 is 5.93. The Hall–Kier alpha value is -1.22. The molecule has 0 bridgehead atoms. The zero-order chi connectivity index (χ0) is 15.5. The van der Waals surface area contributed by atoms with E-state index in [1.54, 1.807) is 18.2 Å². The average molecular weight is 324 g/mol. The van der Waals surface area contributed by atoms with Crippen molar-refractivity contribution in [2.24, 2.45) is 0 Å². The Morgan fingerprint density at radius 1 is 1.00 bits per heavy atom. The van der Waals surface area contributed by atoms with Crippen molar-refractivity contribution in [3.05, 3.63) is 58.1 Å². The van der Waals surface area contributed by atoms with Gasteiger partial charge in [-0.3, -0.25) is 0 Å². The minimum absolute atomic E-state index is 0.0425. The van der Waals surface area contributed by atoms with Crippen LogP contribution in [0.4, 0.5) is 0 Å². The van der Waals surface area contributed by atoms with Gasteiger partial charge in [0.1, 0.15) is 11.5 Å². The zero-order valence-corrected chi connectivity index (χ0v) is 13.9. The van der Waals surface area contributed by atoms with E-state index in [4.69, 9.17) is 27.9 Å². The summed E-state index contributed by atoms with van der Waals surface area (Å²) in [6.07, 6.45) is 0. The average Bonchev–Trinajstić information content (AvgIpc) is 2.41. The summed E-state index contributed by atoms with van der Waals surface area (Å²) in [6.45, 7) is 7.11. The highest BCUT2D eigenvalue weighted by Crippen LogP contribution is 2.33. The maximum absolute atomic E-state index is 6.15. The standard InChI is InChI=1S/C17H19Cl2NO/c1-17(2,3)20-11-12-6-4-5-7-15(12)21-16-10-13(18)8-9-14(16)19/h4-10,20H,11H2,1-3H3. The highest BCUT2D eigenvalue weighted by atomic mass is 35.5. The van der Waals surface area contributed by atoms with Gasteiger partial charge in [-0.15, -0.1) is 0 Å². The van der Waals surface area contributed by atoms with Crippen LogP contribution in [-0.4, -0.2) is 5.54 Å². The Labute approximate surface area is 136 Å². The molecule has 0 atom stereocenters. The van der Waals surface area contributed by atoms with Crippen LogP contribution in [0.3, 0.4) is 0 Å². The first-order valence-electron chi connectivity index (χ1n) is 6.81. The summed E-state index contributed by atoms with van der Waals surface area (Å²) in [7, 11) is 0. The summed E-state index contributed by atoms with van der Waals surface area (Å²) in [5.41, 5.74) is 1.12. The van der Waals surface area contributed by atoms with Gasteiger partial charge in [0.15, 0.2) is 0 Å². The van der Waals surface area contributed by atoms with E-state index in [-0.39, 0.29) is 5.54 Å². The fourth-order valence-corrected chi connectivity index (χ4v) is 2.10.